The van der Waals surface area contributed by atoms with E-state index in [9.17, 15) is 4.39 Å². The molecular formula is C9H7BrFN. The molecule has 0 bridgehead atoms. The fourth-order valence-electron chi connectivity index (χ4n) is 1.01. The molecule has 0 aliphatic carbocycles. The summed E-state index contributed by atoms with van der Waals surface area (Å²) < 4.78 is 13.5. The van der Waals surface area contributed by atoms with Gasteiger partial charge in [-0.25, -0.2) is 4.39 Å². The number of rotatable bonds is 1. The third-order valence-electron chi connectivity index (χ3n) is 1.67. The Labute approximate surface area is 79.0 Å². The van der Waals surface area contributed by atoms with Crippen LogP contribution in [-0.2, 0) is 6.42 Å². The van der Waals surface area contributed by atoms with E-state index in [0.29, 0.717) is 10.9 Å². The van der Waals surface area contributed by atoms with Gasteiger partial charge in [-0.3, -0.25) is 0 Å². The summed E-state index contributed by atoms with van der Waals surface area (Å²) in [5.74, 6) is -0.461. The van der Waals surface area contributed by atoms with Gasteiger partial charge in [-0.15, -0.1) is 0 Å². The maximum Gasteiger partial charge on any atom is 0.155 e. The van der Waals surface area contributed by atoms with Crippen LogP contribution in [0.4, 0.5) is 4.39 Å². The van der Waals surface area contributed by atoms with Crippen LogP contribution in [0.5, 0.6) is 0 Å². The monoisotopic (exact) mass is 227 g/mol. The first-order valence-electron chi connectivity index (χ1n) is 3.57. The van der Waals surface area contributed by atoms with Crippen LogP contribution in [0.1, 0.15) is 18.1 Å². The molecule has 0 saturated carbocycles. The lowest BCUT2D eigenvalue weighted by atomic mass is 10.1. The van der Waals surface area contributed by atoms with Gasteiger partial charge in [0.15, 0.2) is 5.82 Å². The molecule has 1 aromatic rings. The number of nitriles is 1. The summed E-state index contributed by atoms with van der Waals surface area (Å²) in [6, 6.07) is 5.23. The molecule has 0 amide bonds. The normalized spacial score (nSPS) is 9.50. The van der Waals surface area contributed by atoms with Gasteiger partial charge in [-0.1, -0.05) is 13.0 Å². The number of hydrogen-bond acceptors (Lipinski definition) is 1. The lowest BCUT2D eigenvalue weighted by Gasteiger charge is -2.02. The molecule has 1 aromatic carbocycles. The summed E-state index contributed by atoms with van der Waals surface area (Å²) in [6.45, 7) is 1.89. The molecule has 0 aromatic heterocycles. The first-order chi connectivity index (χ1) is 5.70. The van der Waals surface area contributed by atoms with Crippen LogP contribution < -0.4 is 0 Å². The molecule has 0 aliphatic heterocycles. The number of nitrogens with zero attached hydrogens (tertiary/aromatic N) is 1. The van der Waals surface area contributed by atoms with Gasteiger partial charge in [-0.2, -0.15) is 5.26 Å². The molecule has 62 valence electrons. The van der Waals surface area contributed by atoms with Crippen LogP contribution in [0.2, 0.25) is 0 Å². The highest BCUT2D eigenvalue weighted by atomic mass is 79.9. The third kappa shape index (κ3) is 1.49. The molecule has 0 radical (unpaired) electrons. The standard InChI is InChI=1S/C9H7BrFN/c1-2-6-3-4-8(10)9(11)7(6)5-12/h3-4H,2H2,1H3. The molecule has 0 unspecified atom stereocenters. The van der Waals surface area contributed by atoms with Crippen molar-refractivity contribution >= 4 is 15.9 Å². The van der Waals surface area contributed by atoms with Crippen molar-refractivity contribution in [1.82, 2.24) is 0 Å². The zero-order valence-corrected chi connectivity index (χ0v) is 8.15. The summed E-state index contributed by atoms with van der Waals surface area (Å²) >= 11 is 3.02. The Balaban J connectivity index is 3.38. The van der Waals surface area contributed by atoms with Crippen molar-refractivity contribution < 1.29 is 4.39 Å². The Morgan fingerprint density at radius 3 is 2.75 bits per heavy atom. The van der Waals surface area contributed by atoms with Crippen LogP contribution >= 0.6 is 15.9 Å². The molecule has 1 nitrogen and oxygen atoms in total. The van der Waals surface area contributed by atoms with Crippen LogP contribution in [-0.4, -0.2) is 0 Å². The Morgan fingerprint density at radius 1 is 1.58 bits per heavy atom. The number of benzene rings is 1. The van der Waals surface area contributed by atoms with Crippen molar-refractivity contribution in [2.45, 2.75) is 13.3 Å². The van der Waals surface area contributed by atoms with Gasteiger partial charge in [0, 0.05) is 0 Å². The molecule has 0 heterocycles. The lowest BCUT2D eigenvalue weighted by molar-refractivity contribution is 0.615. The summed E-state index contributed by atoms with van der Waals surface area (Å²) in [4.78, 5) is 0. The zero-order chi connectivity index (χ0) is 9.14. The van der Waals surface area contributed by atoms with E-state index < -0.39 is 5.82 Å². The van der Waals surface area contributed by atoms with Gasteiger partial charge in [0.25, 0.3) is 0 Å². The number of hydrogen-bond donors (Lipinski definition) is 0. The number of halogens is 2. The molecule has 0 N–H and O–H groups in total. The molecule has 1 rings (SSSR count). The van der Waals surface area contributed by atoms with E-state index in [4.69, 9.17) is 5.26 Å². The van der Waals surface area contributed by atoms with Gasteiger partial charge in [-0.05, 0) is 34.0 Å². The molecule has 0 atom stereocenters. The van der Waals surface area contributed by atoms with Crippen molar-refractivity contribution in [2.75, 3.05) is 0 Å². The molecular weight excluding hydrogens is 221 g/mol. The lowest BCUT2D eigenvalue weighted by Crippen LogP contribution is -1.92. The minimum Gasteiger partial charge on any atom is -0.204 e. The van der Waals surface area contributed by atoms with E-state index in [-0.39, 0.29) is 5.56 Å². The highest BCUT2D eigenvalue weighted by Gasteiger charge is 2.09. The molecule has 0 spiro atoms. The summed E-state index contributed by atoms with van der Waals surface area (Å²) in [7, 11) is 0. The second-order valence-corrected chi connectivity index (χ2v) is 3.22. The van der Waals surface area contributed by atoms with Gasteiger partial charge in [0.05, 0.1) is 10.0 Å². The van der Waals surface area contributed by atoms with Crippen LogP contribution in [0, 0.1) is 17.1 Å². The SMILES string of the molecule is CCc1ccc(Br)c(F)c1C#N. The van der Waals surface area contributed by atoms with Crippen molar-refractivity contribution in [3.8, 4) is 6.07 Å². The Kier molecular flexibility index (Phi) is 2.83. The Bertz CT molecular complexity index is 341. The molecule has 0 aliphatic rings. The quantitative estimate of drug-likeness (QED) is 0.724. The highest BCUT2D eigenvalue weighted by molar-refractivity contribution is 9.10. The topological polar surface area (TPSA) is 23.8 Å². The van der Waals surface area contributed by atoms with Gasteiger partial charge in [0.1, 0.15) is 6.07 Å². The Hall–Kier alpha value is -0.880. The summed E-state index contributed by atoms with van der Waals surface area (Å²) in [5.41, 5.74) is 0.894. The number of aryl methyl sites for hydroxylation is 1. The molecule has 0 saturated heterocycles. The molecule has 12 heavy (non-hydrogen) atoms. The smallest absolute Gasteiger partial charge is 0.155 e. The van der Waals surface area contributed by atoms with Gasteiger partial charge in [0.2, 0.25) is 0 Å². The van der Waals surface area contributed by atoms with E-state index in [1.54, 1.807) is 12.1 Å². The van der Waals surface area contributed by atoms with Crippen molar-refractivity contribution in [3.63, 3.8) is 0 Å². The second-order valence-electron chi connectivity index (χ2n) is 2.36. The maximum absolute atomic E-state index is 13.2. The highest BCUT2D eigenvalue weighted by Crippen LogP contribution is 2.21. The van der Waals surface area contributed by atoms with E-state index >= 15 is 0 Å². The largest absolute Gasteiger partial charge is 0.204 e. The predicted molar refractivity (Wildman–Crippen MR) is 48.2 cm³/mol. The maximum atomic E-state index is 13.2. The minimum atomic E-state index is -0.461. The van der Waals surface area contributed by atoms with E-state index in [0.717, 1.165) is 5.56 Å². The van der Waals surface area contributed by atoms with Crippen molar-refractivity contribution in [2.24, 2.45) is 0 Å². The van der Waals surface area contributed by atoms with Gasteiger partial charge >= 0.3 is 0 Å². The Morgan fingerprint density at radius 2 is 2.25 bits per heavy atom. The molecule has 3 heteroatoms. The van der Waals surface area contributed by atoms with Crippen LogP contribution in [0.3, 0.4) is 0 Å². The van der Waals surface area contributed by atoms with E-state index in [1.165, 1.54) is 0 Å². The fraction of sp³-hybridized carbons (Fsp3) is 0.222. The van der Waals surface area contributed by atoms with Crippen molar-refractivity contribution in [3.05, 3.63) is 33.5 Å². The fourth-order valence-corrected chi connectivity index (χ4v) is 1.34. The summed E-state index contributed by atoms with van der Waals surface area (Å²) in [5, 5.41) is 8.64. The van der Waals surface area contributed by atoms with Crippen LogP contribution in [0.15, 0.2) is 16.6 Å². The average molecular weight is 228 g/mol. The van der Waals surface area contributed by atoms with Gasteiger partial charge < -0.3 is 0 Å². The third-order valence-corrected chi connectivity index (χ3v) is 2.29. The first kappa shape index (κ1) is 9.21. The second kappa shape index (κ2) is 3.68. The summed E-state index contributed by atoms with van der Waals surface area (Å²) in [6.07, 6.45) is 0.674. The minimum absolute atomic E-state index is 0.145. The molecule has 0 fully saturated rings. The van der Waals surface area contributed by atoms with E-state index in [1.807, 2.05) is 13.0 Å². The van der Waals surface area contributed by atoms with Crippen molar-refractivity contribution in [1.29, 1.82) is 5.26 Å². The predicted octanol–water partition coefficient (Wildman–Crippen LogP) is 3.02. The average Bonchev–Trinajstić information content (AvgIpc) is 2.09. The zero-order valence-electron chi connectivity index (χ0n) is 6.56. The van der Waals surface area contributed by atoms with E-state index in [2.05, 4.69) is 15.9 Å². The first-order valence-corrected chi connectivity index (χ1v) is 4.37. The van der Waals surface area contributed by atoms with Crippen LogP contribution in [0.25, 0.3) is 0 Å².